The number of nitrogens with zero attached hydrogens (tertiary/aromatic N) is 4. The van der Waals surface area contributed by atoms with Crippen molar-refractivity contribution in [2.75, 3.05) is 24.4 Å². The molecule has 4 rings (SSSR count). The molecule has 3 fully saturated rings. The molecule has 3 aliphatic heterocycles. The number of hydrogen-bond acceptors (Lipinski definition) is 5. The number of carbonyl (C=O) groups is 2. The van der Waals surface area contributed by atoms with E-state index in [2.05, 4.69) is 15.7 Å². The fourth-order valence-electron chi connectivity index (χ4n) is 5.37. The minimum absolute atomic E-state index is 0.00649. The smallest absolute Gasteiger partial charge is 0.259 e. The van der Waals surface area contributed by atoms with Gasteiger partial charge in [-0.3, -0.25) is 23.8 Å². The molecule has 1 aromatic carbocycles. The topological polar surface area (TPSA) is 117 Å². The predicted molar refractivity (Wildman–Crippen MR) is 119 cm³/mol. The molecule has 3 aliphatic rings. The summed E-state index contributed by atoms with van der Waals surface area (Å²) in [7, 11) is 0. The molecular weight excluding hydrogens is 430 g/mol. The van der Waals surface area contributed by atoms with Crippen molar-refractivity contribution < 1.29 is 18.4 Å². The molecular formula is C22H29N5O4S. The molecule has 2 bridgehead atoms. The standard InChI is InChI=1S/C22H29N5O4S/c1-14(21(28)26-9-3-4-18(26)11-23)12-25-13-19-10-20(25)22(29)27(19)15(2)16-5-7-17(8-6-16)24-32(30)31/h5-8,14-15,18-20,24H,3-4,9-10,12-13H2,1-2H3,(H,30,31)/t14-,15+,18-,19+,20+/m0/s1. The van der Waals surface area contributed by atoms with Gasteiger partial charge in [-0.25, -0.2) is 4.21 Å². The third-order valence-electron chi connectivity index (χ3n) is 6.94. The average Bonchev–Trinajstić information content (AvgIpc) is 3.47. The second kappa shape index (κ2) is 9.17. The Hall–Kier alpha value is -2.48. The zero-order chi connectivity index (χ0) is 23.0. The number of benzene rings is 1. The van der Waals surface area contributed by atoms with Gasteiger partial charge in [0, 0.05) is 37.3 Å². The molecule has 3 saturated heterocycles. The van der Waals surface area contributed by atoms with Crippen molar-refractivity contribution in [1.82, 2.24) is 14.7 Å². The van der Waals surface area contributed by atoms with Gasteiger partial charge in [0.1, 0.15) is 6.04 Å². The van der Waals surface area contributed by atoms with Crippen molar-refractivity contribution in [2.45, 2.75) is 57.3 Å². The maximum atomic E-state index is 13.2. The molecule has 3 heterocycles. The molecule has 9 nitrogen and oxygen atoms in total. The zero-order valence-corrected chi connectivity index (χ0v) is 19.1. The predicted octanol–water partition coefficient (Wildman–Crippen LogP) is 1.73. The Labute approximate surface area is 190 Å². The molecule has 2 amide bonds. The Morgan fingerprint density at radius 1 is 1.34 bits per heavy atom. The first-order valence-electron chi connectivity index (χ1n) is 11.0. The van der Waals surface area contributed by atoms with Crippen LogP contribution >= 0.6 is 0 Å². The van der Waals surface area contributed by atoms with Crippen LogP contribution in [0.25, 0.3) is 0 Å². The molecule has 1 aromatic rings. The van der Waals surface area contributed by atoms with E-state index in [0.29, 0.717) is 18.8 Å². The summed E-state index contributed by atoms with van der Waals surface area (Å²) >= 11 is -2.12. The molecule has 2 N–H and O–H groups in total. The van der Waals surface area contributed by atoms with Crippen LogP contribution in [-0.4, -0.2) is 73.0 Å². The number of piperazine rings is 1. The molecule has 172 valence electrons. The van der Waals surface area contributed by atoms with E-state index in [9.17, 15) is 19.1 Å². The lowest BCUT2D eigenvalue weighted by atomic mass is 10.0. The number of fused-ring (bicyclic) bond motifs is 2. The van der Waals surface area contributed by atoms with E-state index < -0.39 is 11.3 Å². The van der Waals surface area contributed by atoms with E-state index in [-0.39, 0.29) is 41.9 Å². The number of nitrogens with one attached hydrogen (secondary N) is 1. The van der Waals surface area contributed by atoms with Gasteiger partial charge in [0.25, 0.3) is 11.3 Å². The van der Waals surface area contributed by atoms with E-state index in [1.165, 1.54) is 0 Å². The first-order valence-corrected chi connectivity index (χ1v) is 12.1. The SMILES string of the molecule is C[C@H](c1ccc(NS(=O)O)cc1)N1C(=O)[C@H]2C[C@@H]1CN2C[C@H](C)C(=O)N1CCC[C@H]1C#N. The van der Waals surface area contributed by atoms with Gasteiger partial charge in [-0.1, -0.05) is 19.1 Å². The molecule has 0 spiro atoms. The number of hydrogen-bond donors (Lipinski definition) is 2. The fourth-order valence-corrected chi connectivity index (χ4v) is 5.71. The van der Waals surface area contributed by atoms with E-state index >= 15 is 0 Å². The summed E-state index contributed by atoms with van der Waals surface area (Å²) in [5, 5.41) is 9.27. The highest BCUT2D eigenvalue weighted by Crippen LogP contribution is 2.38. The summed E-state index contributed by atoms with van der Waals surface area (Å²) in [6, 6.07) is 8.87. The lowest BCUT2D eigenvalue weighted by Crippen LogP contribution is -2.53. The molecule has 10 heteroatoms. The highest BCUT2D eigenvalue weighted by Gasteiger charge is 2.51. The Kier molecular flexibility index (Phi) is 6.51. The lowest BCUT2D eigenvalue weighted by molar-refractivity contribution is -0.142. The van der Waals surface area contributed by atoms with Crippen LogP contribution < -0.4 is 4.72 Å². The van der Waals surface area contributed by atoms with Crippen LogP contribution in [0.1, 0.15) is 44.7 Å². The second-order valence-corrected chi connectivity index (χ2v) is 9.68. The fraction of sp³-hybridized carbons (Fsp3) is 0.591. The molecule has 6 atom stereocenters. The molecule has 1 unspecified atom stereocenters. The van der Waals surface area contributed by atoms with Crippen LogP contribution in [0.4, 0.5) is 5.69 Å². The number of amides is 2. The molecule has 0 aliphatic carbocycles. The molecule has 0 radical (unpaired) electrons. The van der Waals surface area contributed by atoms with Gasteiger partial charge < -0.3 is 9.80 Å². The third kappa shape index (κ3) is 4.25. The van der Waals surface area contributed by atoms with Gasteiger partial charge in [-0.15, -0.1) is 0 Å². The number of carbonyl (C=O) groups excluding carboxylic acids is 2. The van der Waals surface area contributed by atoms with Crippen LogP contribution in [0, 0.1) is 17.2 Å². The third-order valence-corrected chi connectivity index (χ3v) is 7.35. The normalized spacial score (nSPS) is 27.9. The summed E-state index contributed by atoms with van der Waals surface area (Å²) in [6.45, 7) is 5.79. The van der Waals surface area contributed by atoms with Crippen LogP contribution in [0.5, 0.6) is 0 Å². The Balaban J connectivity index is 1.37. The van der Waals surface area contributed by atoms with Gasteiger partial charge in [0.15, 0.2) is 0 Å². The van der Waals surface area contributed by atoms with Crippen molar-refractivity contribution in [3.8, 4) is 6.07 Å². The second-order valence-electron chi connectivity index (χ2n) is 8.97. The highest BCUT2D eigenvalue weighted by molar-refractivity contribution is 7.80. The largest absolute Gasteiger partial charge is 0.330 e. The summed E-state index contributed by atoms with van der Waals surface area (Å²) in [6.07, 6.45) is 2.37. The molecule has 0 saturated carbocycles. The average molecular weight is 460 g/mol. The summed E-state index contributed by atoms with van der Waals surface area (Å²) < 4.78 is 22.3. The maximum absolute atomic E-state index is 13.2. The van der Waals surface area contributed by atoms with Gasteiger partial charge in [-0.05, 0) is 43.9 Å². The van der Waals surface area contributed by atoms with E-state index in [4.69, 9.17) is 4.55 Å². The first-order chi connectivity index (χ1) is 15.3. The molecule has 0 aromatic heterocycles. The Bertz CT molecular complexity index is 949. The van der Waals surface area contributed by atoms with Crippen molar-refractivity contribution >= 4 is 28.8 Å². The van der Waals surface area contributed by atoms with Crippen molar-refractivity contribution in [2.24, 2.45) is 5.92 Å². The van der Waals surface area contributed by atoms with Crippen LogP contribution in [0.3, 0.4) is 0 Å². The van der Waals surface area contributed by atoms with Crippen molar-refractivity contribution in [3.63, 3.8) is 0 Å². The van der Waals surface area contributed by atoms with Crippen molar-refractivity contribution in [1.29, 1.82) is 5.26 Å². The lowest BCUT2D eigenvalue weighted by Gasteiger charge is -2.38. The summed E-state index contributed by atoms with van der Waals surface area (Å²) in [4.78, 5) is 31.8. The number of likely N-dealkylation sites (tertiary alicyclic amines) is 3. The van der Waals surface area contributed by atoms with Gasteiger partial charge >= 0.3 is 0 Å². The van der Waals surface area contributed by atoms with Gasteiger partial charge in [0.05, 0.1) is 18.2 Å². The van der Waals surface area contributed by atoms with E-state index in [1.807, 2.05) is 30.9 Å². The van der Waals surface area contributed by atoms with E-state index in [0.717, 1.165) is 31.4 Å². The first kappa shape index (κ1) is 22.7. The van der Waals surface area contributed by atoms with Crippen molar-refractivity contribution in [3.05, 3.63) is 29.8 Å². The monoisotopic (exact) mass is 459 g/mol. The van der Waals surface area contributed by atoms with Crippen LogP contribution in [0.2, 0.25) is 0 Å². The Morgan fingerprint density at radius 3 is 2.69 bits per heavy atom. The van der Waals surface area contributed by atoms with Crippen LogP contribution in [0.15, 0.2) is 24.3 Å². The maximum Gasteiger partial charge on any atom is 0.259 e. The minimum atomic E-state index is -2.12. The van der Waals surface area contributed by atoms with Gasteiger partial charge in [-0.2, -0.15) is 5.26 Å². The summed E-state index contributed by atoms with van der Waals surface area (Å²) in [5.74, 6) is -0.158. The van der Waals surface area contributed by atoms with Gasteiger partial charge in [0.2, 0.25) is 11.8 Å². The zero-order valence-electron chi connectivity index (χ0n) is 18.3. The number of nitriles is 1. The molecule has 32 heavy (non-hydrogen) atoms. The Morgan fingerprint density at radius 2 is 2.06 bits per heavy atom. The minimum Gasteiger partial charge on any atom is -0.330 e. The quantitative estimate of drug-likeness (QED) is 0.600. The highest BCUT2D eigenvalue weighted by atomic mass is 32.2. The van der Waals surface area contributed by atoms with E-state index in [1.54, 1.807) is 17.0 Å². The number of anilines is 1. The number of rotatable bonds is 7. The summed E-state index contributed by atoms with van der Waals surface area (Å²) in [5.41, 5.74) is 1.50. The van der Waals surface area contributed by atoms with Crippen LogP contribution in [-0.2, 0) is 20.9 Å².